The summed E-state index contributed by atoms with van der Waals surface area (Å²) in [5.41, 5.74) is 3.13. The number of phenols is 1. The zero-order valence-electron chi connectivity index (χ0n) is 11.8. The van der Waals surface area contributed by atoms with E-state index in [1.165, 1.54) is 0 Å². The van der Waals surface area contributed by atoms with Gasteiger partial charge in [0.2, 0.25) is 0 Å². The number of phenolic OH excluding ortho intramolecular Hbond substituents is 1. The predicted molar refractivity (Wildman–Crippen MR) is 84.0 cm³/mol. The molecule has 1 N–H and O–H groups in total. The van der Waals surface area contributed by atoms with E-state index in [9.17, 15) is 9.90 Å². The van der Waals surface area contributed by atoms with Gasteiger partial charge in [-0.15, -0.1) is 0 Å². The highest BCUT2D eigenvalue weighted by atomic mass is 79.9. The second kappa shape index (κ2) is 5.19. The zero-order chi connectivity index (χ0) is 15.1. The fourth-order valence-electron chi connectivity index (χ4n) is 2.66. The highest BCUT2D eigenvalue weighted by Gasteiger charge is 2.28. The van der Waals surface area contributed by atoms with Gasteiger partial charge in [-0.2, -0.15) is 0 Å². The van der Waals surface area contributed by atoms with E-state index in [2.05, 4.69) is 15.9 Å². The maximum Gasteiger partial charge on any atom is 0.170 e. The number of aromatic hydroxyl groups is 1. The molecule has 0 amide bonds. The van der Waals surface area contributed by atoms with E-state index < -0.39 is 0 Å². The molecule has 3 nitrogen and oxygen atoms in total. The number of halogens is 1. The molecule has 108 valence electrons. The largest absolute Gasteiger partial charge is 0.507 e. The first kappa shape index (κ1) is 14.1. The van der Waals surface area contributed by atoms with E-state index in [0.29, 0.717) is 23.5 Å². The molecule has 0 saturated heterocycles. The summed E-state index contributed by atoms with van der Waals surface area (Å²) in [6.07, 6.45) is 0.00969. The lowest BCUT2D eigenvalue weighted by Gasteiger charge is -2.26. The summed E-state index contributed by atoms with van der Waals surface area (Å²) in [5, 5.41) is 9.86. The van der Waals surface area contributed by atoms with Gasteiger partial charge < -0.3 is 9.84 Å². The average Bonchev–Trinajstić information content (AvgIpc) is 2.43. The van der Waals surface area contributed by atoms with Gasteiger partial charge in [-0.3, -0.25) is 4.79 Å². The Bertz CT molecular complexity index is 714. The topological polar surface area (TPSA) is 46.5 Å². The third kappa shape index (κ3) is 2.56. The Kier molecular flexibility index (Phi) is 3.49. The lowest BCUT2D eigenvalue weighted by Crippen LogP contribution is -2.20. The minimum Gasteiger partial charge on any atom is -0.507 e. The molecule has 4 heteroatoms. The van der Waals surface area contributed by atoms with Gasteiger partial charge in [-0.25, -0.2) is 0 Å². The number of fused-ring (bicyclic) bond motifs is 1. The van der Waals surface area contributed by atoms with Gasteiger partial charge in [0, 0.05) is 4.47 Å². The van der Waals surface area contributed by atoms with Crippen LogP contribution in [0.4, 0.5) is 0 Å². The van der Waals surface area contributed by atoms with Gasteiger partial charge in [-0.1, -0.05) is 15.9 Å². The molecule has 0 fully saturated rings. The van der Waals surface area contributed by atoms with Crippen LogP contribution < -0.4 is 4.74 Å². The van der Waals surface area contributed by atoms with Gasteiger partial charge >= 0.3 is 0 Å². The Labute approximate surface area is 131 Å². The minimum atomic E-state index is -0.308. The van der Waals surface area contributed by atoms with Crippen molar-refractivity contribution in [1.82, 2.24) is 0 Å². The summed E-state index contributed by atoms with van der Waals surface area (Å²) in [4.78, 5) is 12.3. The number of carbonyl (C=O) groups is 1. The molecule has 1 aliphatic rings. The average molecular weight is 347 g/mol. The molecule has 1 unspecified atom stereocenters. The van der Waals surface area contributed by atoms with Gasteiger partial charge in [-0.05, 0) is 60.9 Å². The van der Waals surface area contributed by atoms with Crippen LogP contribution in [0.5, 0.6) is 11.5 Å². The highest BCUT2D eigenvalue weighted by Crippen LogP contribution is 2.38. The molecule has 2 aromatic rings. The summed E-state index contributed by atoms with van der Waals surface area (Å²) in [6.45, 7) is 3.70. The van der Waals surface area contributed by atoms with Gasteiger partial charge in [0.15, 0.2) is 5.78 Å². The van der Waals surface area contributed by atoms with E-state index in [0.717, 1.165) is 21.2 Å². The first-order chi connectivity index (χ1) is 9.95. The monoisotopic (exact) mass is 346 g/mol. The number of ketones is 1. The summed E-state index contributed by atoms with van der Waals surface area (Å²) in [7, 11) is 0. The van der Waals surface area contributed by atoms with Crippen molar-refractivity contribution in [2.75, 3.05) is 0 Å². The van der Waals surface area contributed by atoms with Crippen LogP contribution in [0.1, 0.15) is 39.6 Å². The van der Waals surface area contributed by atoms with Crippen molar-refractivity contribution in [2.45, 2.75) is 26.4 Å². The molecule has 0 aromatic heterocycles. The number of carbonyl (C=O) groups excluding carboxylic acids is 1. The summed E-state index contributed by atoms with van der Waals surface area (Å²) < 4.78 is 6.87. The van der Waals surface area contributed by atoms with Crippen molar-refractivity contribution in [3.63, 3.8) is 0 Å². The molecule has 1 aliphatic heterocycles. The second-order valence-corrected chi connectivity index (χ2v) is 6.29. The fourth-order valence-corrected chi connectivity index (χ4v) is 3.00. The van der Waals surface area contributed by atoms with Crippen LogP contribution in [0.3, 0.4) is 0 Å². The maximum absolute atomic E-state index is 12.3. The first-order valence-corrected chi connectivity index (χ1v) is 7.54. The fraction of sp³-hybridized carbons (Fsp3) is 0.235. The molecule has 3 rings (SSSR count). The Morgan fingerprint density at radius 2 is 1.86 bits per heavy atom. The summed E-state index contributed by atoms with van der Waals surface area (Å²) >= 11 is 3.39. The Morgan fingerprint density at radius 1 is 1.19 bits per heavy atom. The lowest BCUT2D eigenvalue weighted by molar-refractivity contribution is 0.0850. The van der Waals surface area contributed by atoms with Gasteiger partial charge in [0.05, 0.1) is 12.0 Å². The normalized spacial score (nSPS) is 17.3. The minimum absolute atomic E-state index is 0.0807. The molecule has 1 atom stereocenters. The Hall–Kier alpha value is -1.81. The highest BCUT2D eigenvalue weighted by molar-refractivity contribution is 9.10. The van der Waals surface area contributed by atoms with Crippen LogP contribution in [0.2, 0.25) is 0 Å². The first-order valence-electron chi connectivity index (χ1n) is 6.75. The molecule has 0 radical (unpaired) electrons. The van der Waals surface area contributed by atoms with Crippen LogP contribution in [-0.4, -0.2) is 10.9 Å². The van der Waals surface area contributed by atoms with Crippen molar-refractivity contribution in [2.24, 2.45) is 0 Å². The lowest BCUT2D eigenvalue weighted by atomic mass is 9.94. The van der Waals surface area contributed by atoms with Crippen molar-refractivity contribution in [3.8, 4) is 11.5 Å². The Balaban J connectivity index is 2.01. The number of ether oxygens (including phenoxy) is 1. The predicted octanol–water partition coefficient (Wildman–Crippen LogP) is 4.48. The van der Waals surface area contributed by atoms with Crippen molar-refractivity contribution >= 4 is 21.7 Å². The molecular formula is C17H15BrO3. The van der Waals surface area contributed by atoms with Crippen LogP contribution in [0.25, 0.3) is 0 Å². The number of aryl methyl sites for hydroxylation is 2. The van der Waals surface area contributed by atoms with Crippen LogP contribution in [0.15, 0.2) is 34.8 Å². The van der Waals surface area contributed by atoms with E-state index in [1.54, 1.807) is 6.07 Å². The van der Waals surface area contributed by atoms with E-state index in [1.807, 2.05) is 38.1 Å². The summed E-state index contributed by atoms with van der Waals surface area (Å²) in [5.74, 6) is 0.982. The van der Waals surface area contributed by atoms with Crippen molar-refractivity contribution in [1.29, 1.82) is 0 Å². The number of hydrogen-bond acceptors (Lipinski definition) is 3. The molecule has 1 heterocycles. The quantitative estimate of drug-likeness (QED) is 0.827. The number of benzene rings is 2. The van der Waals surface area contributed by atoms with Crippen molar-refractivity contribution in [3.05, 3.63) is 57.1 Å². The van der Waals surface area contributed by atoms with Crippen LogP contribution in [0, 0.1) is 13.8 Å². The maximum atomic E-state index is 12.3. The molecule has 2 aromatic carbocycles. The molecule has 0 aliphatic carbocycles. The number of rotatable bonds is 1. The SMILES string of the molecule is Cc1cc(C2CC(=O)c3ccc(Br)cc3O2)cc(C)c1O. The van der Waals surface area contributed by atoms with Gasteiger partial charge in [0.1, 0.15) is 17.6 Å². The molecule has 0 bridgehead atoms. The molecule has 0 spiro atoms. The van der Waals surface area contributed by atoms with E-state index in [-0.39, 0.29) is 11.9 Å². The smallest absolute Gasteiger partial charge is 0.170 e. The second-order valence-electron chi connectivity index (χ2n) is 5.38. The van der Waals surface area contributed by atoms with Crippen molar-refractivity contribution < 1.29 is 14.6 Å². The summed E-state index contributed by atoms with van der Waals surface area (Å²) in [6, 6.07) is 9.20. The Morgan fingerprint density at radius 3 is 2.52 bits per heavy atom. The molecular weight excluding hydrogens is 332 g/mol. The number of Topliss-reactive ketones (excluding diaryl/α,β-unsaturated/α-hetero) is 1. The third-order valence-electron chi connectivity index (χ3n) is 3.77. The molecule has 21 heavy (non-hydrogen) atoms. The zero-order valence-corrected chi connectivity index (χ0v) is 13.4. The third-order valence-corrected chi connectivity index (χ3v) is 4.26. The number of hydrogen-bond donors (Lipinski definition) is 1. The standard InChI is InChI=1S/C17H15BrO3/c1-9-5-11(6-10(2)17(9)20)15-8-14(19)13-4-3-12(18)7-16(13)21-15/h3-7,15,20H,8H2,1-2H3. The van der Waals surface area contributed by atoms with Crippen LogP contribution >= 0.6 is 15.9 Å². The molecule has 0 saturated carbocycles. The van der Waals surface area contributed by atoms with E-state index in [4.69, 9.17) is 4.74 Å². The van der Waals surface area contributed by atoms with Gasteiger partial charge in [0.25, 0.3) is 0 Å². The van der Waals surface area contributed by atoms with Crippen LogP contribution in [-0.2, 0) is 0 Å². The van der Waals surface area contributed by atoms with E-state index >= 15 is 0 Å².